The first-order valence-corrected chi connectivity index (χ1v) is 9.21. The summed E-state index contributed by atoms with van der Waals surface area (Å²) in [5, 5.41) is 5.14. The molecule has 0 saturated heterocycles. The average Bonchev–Trinajstić information content (AvgIpc) is 3.27. The fourth-order valence-corrected chi connectivity index (χ4v) is 3.34. The van der Waals surface area contributed by atoms with E-state index in [1.165, 1.54) is 6.08 Å². The summed E-state index contributed by atoms with van der Waals surface area (Å²) in [5.74, 6) is 1.27. The molecule has 0 spiro atoms. The minimum Gasteiger partial charge on any atom is -0.483 e. The third-order valence-corrected chi connectivity index (χ3v) is 4.45. The molecule has 27 heavy (non-hydrogen) atoms. The molecule has 0 bridgehead atoms. The summed E-state index contributed by atoms with van der Waals surface area (Å²) in [7, 11) is 0. The lowest BCUT2D eigenvalue weighted by Gasteiger charge is -2.08. The fraction of sp³-hybridized carbons (Fsp3) is 0.158. The molecule has 2 heterocycles. The van der Waals surface area contributed by atoms with Crippen LogP contribution in [-0.2, 0) is 13.2 Å². The Labute approximate surface area is 171 Å². The molecule has 0 atom stereocenters. The van der Waals surface area contributed by atoms with Crippen LogP contribution < -0.4 is 4.74 Å². The van der Waals surface area contributed by atoms with Crippen LogP contribution >= 0.6 is 34.8 Å². The smallest absolute Gasteiger partial charge is 0.203 e. The van der Waals surface area contributed by atoms with Crippen molar-refractivity contribution in [1.29, 1.82) is 0 Å². The lowest BCUT2D eigenvalue weighted by atomic mass is 10.2. The Bertz CT molecular complexity index is 969. The summed E-state index contributed by atoms with van der Waals surface area (Å²) >= 11 is 18.0. The Morgan fingerprint density at radius 3 is 2.67 bits per heavy atom. The Morgan fingerprint density at radius 2 is 1.96 bits per heavy atom. The molecule has 0 unspecified atom stereocenters. The van der Waals surface area contributed by atoms with E-state index < -0.39 is 0 Å². The molecule has 0 aliphatic rings. The predicted molar refractivity (Wildman–Crippen MR) is 106 cm³/mol. The second kappa shape index (κ2) is 8.65. The monoisotopic (exact) mass is 424 g/mol. The van der Waals surface area contributed by atoms with Gasteiger partial charge in [-0.1, -0.05) is 34.8 Å². The van der Waals surface area contributed by atoms with Crippen LogP contribution in [0, 0.1) is 0 Å². The van der Waals surface area contributed by atoms with E-state index in [0.29, 0.717) is 44.6 Å². The zero-order valence-electron chi connectivity index (χ0n) is 14.3. The minimum atomic E-state index is -0.150. The van der Waals surface area contributed by atoms with Gasteiger partial charge in [0.1, 0.15) is 23.8 Å². The van der Waals surface area contributed by atoms with Crippen molar-refractivity contribution in [2.45, 2.75) is 20.1 Å². The highest BCUT2D eigenvalue weighted by Crippen LogP contribution is 2.36. The number of allylic oxidation sites excluding steroid dienone is 1. The average molecular weight is 426 g/mol. The highest BCUT2D eigenvalue weighted by Gasteiger charge is 2.11. The SMILES string of the molecule is CCn1nccc1C(=O)/C=C/c1ccc(COc2c(Cl)cc(Cl)cc2Cl)o1. The van der Waals surface area contributed by atoms with Crippen molar-refractivity contribution in [3.63, 3.8) is 0 Å². The molecule has 140 valence electrons. The predicted octanol–water partition coefficient (Wildman–Crippen LogP) is 5.93. The molecule has 0 aliphatic heterocycles. The molecule has 0 saturated carbocycles. The maximum atomic E-state index is 12.2. The number of carbonyl (C=O) groups excluding carboxylic acids is 1. The summed E-state index contributed by atoms with van der Waals surface area (Å²) < 4.78 is 12.9. The Morgan fingerprint density at radius 1 is 1.22 bits per heavy atom. The standard InChI is InChI=1S/C19H15Cl3N2O3/c1-2-24-17(7-8-23-24)18(25)6-5-13-3-4-14(27-13)11-26-19-15(21)9-12(20)10-16(19)22/h3-10H,2,11H2,1H3/b6-5+. The van der Waals surface area contributed by atoms with Gasteiger partial charge in [-0.05, 0) is 49.4 Å². The van der Waals surface area contributed by atoms with Crippen LogP contribution in [0.1, 0.15) is 28.9 Å². The fourth-order valence-electron chi connectivity index (χ4n) is 2.41. The second-order valence-electron chi connectivity index (χ2n) is 5.52. The number of ketones is 1. The Hall–Kier alpha value is -2.21. The van der Waals surface area contributed by atoms with Crippen LogP contribution in [0.4, 0.5) is 0 Å². The van der Waals surface area contributed by atoms with Crippen LogP contribution in [0.15, 0.2) is 47.0 Å². The molecular formula is C19H15Cl3N2O3. The van der Waals surface area contributed by atoms with E-state index >= 15 is 0 Å². The van der Waals surface area contributed by atoms with Crippen LogP contribution in [0.3, 0.4) is 0 Å². The van der Waals surface area contributed by atoms with Gasteiger partial charge in [-0.3, -0.25) is 9.48 Å². The van der Waals surface area contributed by atoms with E-state index in [9.17, 15) is 4.79 Å². The van der Waals surface area contributed by atoms with Gasteiger partial charge in [0.15, 0.2) is 5.75 Å². The van der Waals surface area contributed by atoms with Crippen molar-refractivity contribution in [1.82, 2.24) is 9.78 Å². The number of hydrogen-bond donors (Lipinski definition) is 0. The molecule has 0 N–H and O–H groups in total. The molecule has 0 amide bonds. The number of carbonyl (C=O) groups is 1. The lowest BCUT2D eigenvalue weighted by molar-refractivity contribution is 0.103. The van der Waals surface area contributed by atoms with Crippen molar-refractivity contribution in [2.24, 2.45) is 0 Å². The summed E-state index contributed by atoms with van der Waals surface area (Å²) in [5.41, 5.74) is 0.524. The molecular weight excluding hydrogens is 411 g/mol. The first kappa shape index (κ1) is 19.5. The van der Waals surface area contributed by atoms with E-state index in [2.05, 4.69) is 5.10 Å². The van der Waals surface area contributed by atoms with Crippen molar-refractivity contribution in [3.8, 4) is 5.75 Å². The quantitative estimate of drug-likeness (QED) is 0.348. The van der Waals surface area contributed by atoms with Crippen LogP contribution in [-0.4, -0.2) is 15.6 Å². The van der Waals surface area contributed by atoms with Crippen molar-refractivity contribution < 1.29 is 13.9 Å². The molecule has 0 radical (unpaired) electrons. The van der Waals surface area contributed by atoms with Gasteiger partial charge < -0.3 is 9.15 Å². The van der Waals surface area contributed by atoms with E-state index in [4.69, 9.17) is 44.0 Å². The Balaban J connectivity index is 1.64. The van der Waals surface area contributed by atoms with Gasteiger partial charge in [0, 0.05) is 17.8 Å². The van der Waals surface area contributed by atoms with Crippen molar-refractivity contribution >= 4 is 46.7 Å². The third-order valence-electron chi connectivity index (χ3n) is 3.67. The molecule has 3 rings (SSSR count). The zero-order chi connectivity index (χ0) is 19.4. The maximum Gasteiger partial charge on any atom is 0.203 e. The second-order valence-corrected chi connectivity index (χ2v) is 6.77. The number of halogens is 3. The van der Waals surface area contributed by atoms with Crippen LogP contribution in [0.2, 0.25) is 15.1 Å². The highest BCUT2D eigenvalue weighted by atomic mass is 35.5. The number of ether oxygens (including phenoxy) is 1. The molecule has 3 aromatic rings. The van der Waals surface area contributed by atoms with Gasteiger partial charge in [0.25, 0.3) is 0 Å². The molecule has 0 aliphatic carbocycles. The summed E-state index contributed by atoms with van der Waals surface area (Å²) in [6, 6.07) is 8.26. The van der Waals surface area contributed by atoms with Crippen molar-refractivity contribution in [3.05, 3.63) is 74.9 Å². The maximum absolute atomic E-state index is 12.2. The van der Waals surface area contributed by atoms with Crippen LogP contribution in [0.5, 0.6) is 5.75 Å². The summed E-state index contributed by atoms with van der Waals surface area (Å²) in [6.07, 6.45) is 4.64. The number of rotatable bonds is 7. The normalized spacial score (nSPS) is 11.3. The number of aromatic nitrogens is 2. The van der Waals surface area contributed by atoms with Crippen molar-refractivity contribution in [2.75, 3.05) is 0 Å². The topological polar surface area (TPSA) is 57.3 Å². The van der Waals surface area contributed by atoms with E-state index in [0.717, 1.165) is 0 Å². The third kappa shape index (κ3) is 4.75. The van der Waals surface area contributed by atoms with E-state index in [-0.39, 0.29) is 12.4 Å². The minimum absolute atomic E-state index is 0.130. The van der Waals surface area contributed by atoms with Gasteiger partial charge in [-0.2, -0.15) is 5.10 Å². The number of furan rings is 1. The van der Waals surface area contributed by atoms with Crippen LogP contribution in [0.25, 0.3) is 6.08 Å². The first-order chi connectivity index (χ1) is 13.0. The van der Waals surface area contributed by atoms with Gasteiger partial charge >= 0.3 is 0 Å². The molecule has 0 fully saturated rings. The highest BCUT2D eigenvalue weighted by molar-refractivity contribution is 6.40. The number of benzene rings is 1. The zero-order valence-corrected chi connectivity index (χ0v) is 16.6. The molecule has 5 nitrogen and oxygen atoms in total. The number of hydrogen-bond acceptors (Lipinski definition) is 4. The number of aryl methyl sites for hydroxylation is 1. The first-order valence-electron chi connectivity index (χ1n) is 8.08. The van der Waals surface area contributed by atoms with E-state index in [1.807, 2.05) is 6.92 Å². The van der Waals surface area contributed by atoms with Gasteiger partial charge in [-0.15, -0.1) is 0 Å². The summed E-state index contributed by atoms with van der Waals surface area (Å²) in [6.45, 7) is 2.68. The Kier molecular flexibility index (Phi) is 6.26. The lowest BCUT2D eigenvalue weighted by Crippen LogP contribution is -2.07. The van der Waals surface area contributed by atoms with Gasteiger partial charge in [-0.25, -0.2) is 0 Å². The number of nitrogens with zero attached hydrogens (tertiary/aromatic N) is 2. The molecule has 2 aromatic heterocycles. The molecule has 1 aromatic carbocycles. The van der Waals surface area contributed by atoms with Gasteiger partial charge in [0.2, 0.25) is 5.78 Å². The van der Waals surface area contributed by atoms with Gasteiger partial charge in [0.05, 0.1) is 10.0 Å². The largest absolute Gasteiger partial charge is 0.483 e. The van der Waals surface area contributed by atoms with E-state index in [1.54, 1.807) is 47.3 Å². The summed E-state index contributed by atoms with van der Waals surface area (Å²) in [4.78, 5) is 12.2. The molecule has 8 heteroatoms.